The predicted molar refractivity (Wildman–Crippen MR) is 121 cm³/mol. The molecule has 1 fully saturated rings. The topological polar surface area (TPSA) is 35.6 Å². The van der Waals surface area contributed by atoms with Crippen molar-refractivity contribution in [2.45, 2.75) is 32.6 Å². The molecule has 1 aliphatic rings. The molecule has 5 heteroatoms. The average Bonchev–Trinajstić information content (AvgIpc) is 2.68. The van der Waals surface area contributed by atoms with Crippen molar-refractivity contribution in [1.29, 1.82) is 0 Å². The van der Waals surface area contributed by atoms with Gasteiger partial charge in [-0.05, 0) is 62.7 Å². The van der Waals surface area contributed by atoms with Crippen molar-refractivity contribution in [3.63, 3.8) is 0 Å². The first-order valence-electron chi connectivity index (χ1n) is 10.0. The number of anilines is 2. The van der Waals surface area contributed by atoms with E-state index in [1.54, 1.807) is 11.8 Å². The molecule has 0 aromatic heterocycles. The summed E-state index contributed by atoms with van der Waals surface area (Å²) in [5, 5.41) is 3.02. The van der Waals surface area contributed by atoms with Gasteiger partial charge in [0, 0.05) is 42.4 Å². The van der Waals surface area contributed by atoms with Crippen molar-refractivity contribution < 1.29 is 4.79 Å². The van der Waals surface area contributed by atoms with E-state index < -0.39 is 0 Å². The van der Waals surface area contributed by atoms with Crippen molar-refractivity contribution in [3.8, 4) is 0 Å². The SMILES string of the molecule is CCN1CCN(c2ccc(NC(=O)CSc3c(C)cc(C)cc3C)cc2)CC1. The maximum Gasteiger partial charge on any atom is 0.234 e. The quantitative estimate of drug-likeness (QED) is 0.729. The Morgan fingerprint density at radius 3 is 2.18 bits per heavy atom. The molecule has 0 spiro atoms. The van der Waals surface area contributed by atoms with E-state index in [0.29, 0.717) is 5.75 Å². The van der Waals surface area contributed by atoms with E-state index in [9.17, 15) is 4.79 Å². The number of nitrogens with one attached hydrogen (secondary N) is 1. The average molecular weight is 398 g/mol. The Kier molecular flexibility index (Phi) is 7.03. The third-order valence-corrected chi connectivity index (χ3v) is 6.63. The van der Waals surface area contributed by atoms with Crippen LogP contribution in [0.1, 0.15) is 23.6 Å². The van der Waals surface area contributed by atoms with Gasteiger partial charge in [-0.2, -0.15) is 0 Å². The summed E-state index contributed by atoms with van der Waals surface area (Å²) in [5.74, 6) is 0.458. The van der Waals surface area contributed by atoms with Crippen LogP contribution >= 0.6 is 11.8 Å². The molecule has 0 radical (unpaired) electrons. The first kappa shape index (κ1) is 20.7. The highest BCUT2D eigenvalue weighted by atomic mass is 32.2. The zero-order valence-electron chi connectivity index (χ0n) is 17.4. The molecule has 2 aromatic carbocycles. The molecule has 3 rings (SSSR count). The summed E-state index contributed by atoms with van der Waals surface area (Å²) >= 11 is 1.61. The minimum Gasteiger partial charge on any atom is -0.369 e. The highest BCUT2D eigenvalue weighted by Crippen LogP contribution is 2.28. The third kappa shape index (κ3) is 5.30. The summed E-state index contributed by atoms with van der Waals surface area (Å²) in [7, 11) is 0. The zero-order valence-corrected chi connectivity index (χ0v) is 18.2. The Balaban J connectivity index is 1.52. The van der Waals surface area contributed by atoms with Gasteiger partial charge in [-0.1, -0.05) is 24.6 Å². The van der Waals surface area contributed by atoms with Gasteiger partial charge in [0.05, 0.1) is 5.75 Å². The van der Waals surface area contributed by atoms with Crippen LogP contribution in [0.25, 0.3) is 0 Å². The maximum atomic E-state index is 12.4. The number of carbonyl (C=O) groups is 1. The lowest BCUT2D eigenvalue weighted by molar-refractivity contribution is -0.113. The van der Waals surface area contributed by atoms with Gasteiger partial charge in [0.25, 0.3) is 0 Å². The summed E-state index contributed by atoms with van der Waals surface area (Å²) in [6, 6.07) is 12.6. The Hall–Kier alpha value is -1.98. The largest absolute Gasteiger partial charge is 0.369 e. The van der Waals surface area contributed by atoms with E-state index in [-0.39, 0.29) is 5.91 Å². The van der Waals surface area contributed by atoms with Crippen molar-refractivity contribution in [2.24, 2.45) is 0 Å². The van der Waals surface area contributed by atoms with Gasteiger partial charge in [-0.15, -0.1) is 11.8 Å². The molecule has 1 amide bonds. The van der Waals surface area contributed by atoms with E-state index in [2.05, 4.69) is 67.1 Å². The van der Waals surface area contributed by atoms with Crippen LogP contribution in [0, 0.1) is 20.8 Å². The fourth-order valence-corrected chi connectivity index (χ4v) is 4.73. The molecule has 0 aliphatic carbocycles. The molecular formula is C23H31N3OS. The van der Waals surface area contributed by atoms with Crippen LogP contribution in [-0.4, -0.2) is 49.3 Å². The fraction of sp³-hybridized carbons (Fsp3) is 0.435. The van der Waals surface area contributed by atoms with E-state index in [1.807, 2.05) is 12.1 Å². The second-order valence-electron chi connectivity index (χ2n) is 7.53. The third-order valence-electron chi connectivity index (χ3n) is 5.29. The van der Waals surface area contributed by atoms with Crippen molar-refractivity contribution in [3.05, 3.63) is 53.1 Å². The molecule has 0 saturated carbocycles. The molecule has 4 nitrogen and oxygen atoms in total. The number of hydrogen-bond donors (Lipinski definition) is 1. The van der Waals surface area contributed by atoms with Crippen LogP contribution < -0.4 is 10.2 Å². The number of thioether (sulfide) groups is 1. The lowest BCUT2D eigenvalue weighted by Crippen LogP contribution is -2.46. The normalized spacial score (nSPS) is 14.9. The molecule has 28 heavy (non-hydrogen) atoms. The highest BCUT2D eigenvalue weighted by Gasteiger charge is 2.16. The van der Waals surface area contributed by atoms with E-state index >= 15 is 0 Å². The number of aryl methyl sites for hydroxylation is 3. The van der Waals surface area contributed by atoms with Gasteiger partial charge in [-0.25, -0.2) is 0 Å². The smallest absolute Gasteiger partial charge is 0.234 e. The Labute approximate surface area is 173 Å². The Morgan fingerprint density at radius 1 is 1.00 bits per heavy atom. The number of benzene rings is 2. The van der Waals surface area contributed by atoms with Crippen molar-refractivity contribution in [2.75, 3.05) is 48.7 Å². The maximum absolute atomic E-state index is 12.4. The van der Waals surface area contributed by atoms with Gasteiger partial charge < -0.3 is 15.1 Å². The highest BCUT2D eigenvalue weighted by molar-refractivity contribution is 8.00. The lowest BCUT2D eigenvalue weighted by atomic mass is 10.1. The molecule has 0 bridgehead atoms. The number of nitrogens with zero attached hydrogens (tertiary/aromatic N) is 2. The monoisotopic (exact) mass is 397 g/mol. The Morgan fingerprint density at radius 2 is 1.61 bits per heavy atom. The van der Waals surface area contributed by atoms with Gasteiger partial charge in [0.15, 0.2) is 0 Å². The minimum atomic E-state index is 0.0358. The van der Waals surface area contributed by atoms with E-state index in [0.717, 1.165) is 38.4 Å². The molecule has 1 saturated heterocycles. The number of carbonyl (C=O) groups excluding carboxylic acids is 1. The van der Waals surface area contributed by atoms with Gasteiger partial charge in [0.1, 0.15) is 0 Å². The summed E-state index contributed by atoms with van der Waals surface area (Å²) < 4.78 is 0. The minimum absolute atomic E-state index is 0.0358. The second-order valence-corrected chi connectivity index (χ2v) is 8.52. The van der Waals surface area contributed by atoms with E-state index in [4.69, 9.17) is 0 Å². The number of rotatable bonds is 6. The summed E-state index contributed by atoms with van der Waals surface area (Å²) in [6.07, 6.45) is 0. The number of hydrogen-bond acceptors (Lipinski definition) is 4. The number of likely N-dealkylation sites (N-methyl/N-ethyl adjacent to an activating group) is 1. The summed E-state index contributed by atoms with van der Waals surface area (Å²) in [6.45, 7) is 14.0. The zero-order chi connectivity index (χ0) is 20.1. The Bertz CT molecular complexity index is 788. The summed E-state index contributed by atoms with van der Waals surface area (Å²) in [5.41, 5.74) is 5.83. The number of piperazine rings is 1. The molecule has 0 atom stereocenters. The van der Waals surface area contributed by atoms with Crippen LogP contribution in [0.5, 0.6) is 0 Å². The van der Waals surface area contributed by atoms with Gasteiger partial charge in [0.2, 0.25) is 5.91 Å². The molecule has 1 aliphatic heterocycles. The standard InChI is InChI=1S/C23H31N3OS/c1-5-25-10-12-26(13-11-25)21-8-6-20(7-9-21)24-22(27)16-28-23-18(3)14-17(2)15-19(23)4/h6-9,14-15H,5,10-13,16H2,1-4H3,(H,24,27). The first-order chi connectivity index (χ1) is 13.5. The van der Waals surface area contributed by atoms with Crippen LogP contribution in [-0.2, 0) is 4.79 Å². The second kappa shape index (κ2) is 9.48. The van der Waals surface area contributed by atoms with Gasteiger partial charge >= 0.3 is 0 Å². The summed E-state index contributed by atoms with van der Waals surface area (Å²) in [4.78, 5) is 18.5. The lowest BCUT2D eigenvalue weighted by Gasteiger charge is -2.35. The van der Waals surface area contributed by atoms with E-state index in [1.165, 1.54) is 27.3 Å². The van der Waals surface area contributed by atoms with Crippen LogP contribution in [0.4, 0.5) is 11.4 Å². The van der Waals surface area contributed by atoms with Crippen LogP contribution in [0.2, 0.25) is 0 Å². The number of amides is 1. The molecule has 2 aromatic rings. The van der Waals surface area contributed by atoms with Gasteiger partial charge in [-0.3, -0.25) is 4.79 Å². The molecule has 1 N–H and O–H groups in total. The van der Waals surface area contributed by atoms with Crippen molar-refractivity contribution in [1.82, 2.24) is 4.90 Å². The molecular weight excluding hydrogens is 366 g/mol. The predicted octanol–water partition coefficient (Wildman–Crippen LogP) is 4.48. The molecule has 150 valence electrons. The van der Waals surface area contributed by atoms with Crippen molar-refractivity contribution >= 4 is 29.0 Å². The van der Waals surface area contributed by atoms with Crippen LogP contribution in [0.3, 0.4) is 0 Å². The fourth-order valence-electron chi connectivity index (χ4n) is 3.81. The molecule has 0 unspecified atom stereocenters. The first-order valence-corrected chi connectivity index (χ1v) is 11.0. The molecule has 1 heterocycles. The van der Waals surface area contributed by atoms with Crippen LogP contribution in [0.15, 0.2) is 41.3 Å².